The van der Waals surface area contributed by atoms with Gasteiger partial charge in [-0.15, -0.1) is 0 Å². The van der Waals surface area contributed by atoms with Crippen LogP contribution >= 0.6 is 0 Å². The monoisotopic (exact) mass is 343 g/mol. The van der Waals surface area contributed by atoms with Gasteiger partial charge in [0.1, 0.15) is 18.0 Å². The van der Waals surface area contributed by atoms with Crippen molar-refractivity contribution < 1.29 is 14.6 Å². The molecule has 0 radical (unpaired) electrons. The van der Waals surface area contributed by atoms with Crippen LogP contribution in [0.15, 0.2) is 42.7 Å². The van der Waals surface area contributed by atoms with Gasteiger partial charge in [0.2, 0.25) is 5.91 Å². The summed E-state index contributed by atoms with van der Waals surface area (Å²) in [5.74, 6) is 0.821. The number of aliphatic hydroxyl groups is 1. The lowest BCUT2D eigenvalue weighted by Crippen LogP contribution is -2.40. The minimum atomic E-state index is -0.970. The molecule has 0 aliphatic carbocycles. The van der Waals surface area contributed by atoms with Crippen LogP contribution in [-0.2, 0) is 11.3 Å². The number of hydrogen-bond acceptors (Lipinski definition) is 4. The molecule has 6 heteroatoms. The average Bonchev–Trinajstić information content (AvgIpc) is 3.25. The van der Waals surface area contributed by atoms with E-state index in [9.17, 15) is 9.90 Å². The molecule has 1 N–H and O–H groups in total. The van der Waals surface area contributed by atoms with Crippen molar-refractivity contribution in [3.05, 3.63) is 48.3 Å². The fraction of sp³-hybridized carbons (Fsp3) is 0.474. The largest absolute Gasteiger partial charge is 0.491 e. The highest BCUT2D eigenvalue weighted by atomic mass is 16.5. The van der Waals surface area contributed by atoms with Crippen LogP contribution in [0, 0.1) is 6.92 Å². The lowest BCUT2D eigenvalue weighted by molar-refractivity contribution is -0.131. The number of aromatic nitrogens is 2. The second-order valence-electron chi connectivity index (χ2n) is 6.76. The Bertz CT molecular complexity index is 684. The summed E-state index contributed by atoms with van der Waals surface area (Å²) in [5, 5.41) is 14.8. The highest BCUT2D eigenvalue weighted by molar-refractivity contribution is 5.76. The first-order chi connectivity index (χ1) is 12.0. The number of amides is 1. The molecule has 1 aliphatic rings. The second-order valence-corrected chi connectivity index (χ2v) is 6.76. The number of nitrogens with zero attached hydrogens (tertiary/aromatic N) is 3. The Balaban J connectivity index is 1.43. The number of hydrogen-bond donors (Lipinski definition) is 1. The molecule has 2 heterocycles. The number of carbonyl (C=O) groups is 1. The van der Waals surface area contributed by atoms with E-state index in [-0.39, 0.29) is 12.5 Å². The quantitative estimate of drug-likeness (QED) is 0.835. The minimum Gasteiger partial charge on any atom is -0.491 e. The fourth-order valence-electron chi connectivity index (χ4n) is 3.02. The molecule has 0 spiro atoms. The zero-order chi connectivity index (χ0) is 17.7. The van der Waals surface area contributed by atoms with Gasteiger partial charge in [0.25, 0.3) is 0 Å². The standard InChI is InChI=1S/C19H25N3O3/c1-16-5-7-17(8-6-16)25-15-19(24)9-13-21(14-19)18(23)4-2-11-22-12-3-10-20-22/h3,5-8,10,12,24H,2,4,9,11,13-15H2,1H3/t19-/m1/s1. The molecule has 1 aromatic heterocycles. The summed E-state index contributed by atoms with van der Waals surface area (Å²) in [6, 6.07) is 9.61. The number of likely N-dealkylation sites (tertiary alicyclic amines) is 1. The first-order valence-electron chi connectivity index (χ1n) is 8.71. The molecule has 1 aromatic carbocycles. The Morgan fingerprint density at radius 2 is 2.16 bits per heavy atom. The van der Waals surface area contributed by atoms with E-state index in [0.717, 1.165) is 18.7 Å². The molecule has 25 heavy (non-hydrogen) atoms. The molecule has 0 unspecified atom stereocenters. The Kier molecular flexibility index (Phi) is 5.38. The van der Waals surface area contributed by atoms with E-state index in [4.69, 9.17) is 4.74 Å². The van der Waals surface area contributed by atoms with E-state index >= 15 is 0 Å². The van der Waals surface area contributed by atoms with Crippen LogP contribution in [0.1, 0.15) is 24.8 Å². The summed E-state index contributed by atoms with van der Waals surface area (Å²) in [5.41, 5.74) is 0.196. The van der Waals surface area contributed by atoms with Crippen LogP contribution in [0.4, 0.5) is 0 Å². The van der Waals surface area contributed by atoms with Gasteiger partial charge < -0.3 is 14.7 Å². The van der Waals surface area contributed by atoms with Gasteiger partial charge in [-0.05, 0) is 38.0 Å². The zero-order valence-electron chi connectivity index (χ0n) is 14.6. The highest BCUT2D eigenvalue weighted by Gasteiger charge is 2.38. The van der Waals surface area contributed by atoms with Crippen LogP contribution in [0.25, 0.3) is 0 Å². The van der Waals surface area contributed by atoms with E-state index in [1.165, 1.54) is 5.56 Å². The molecule has 1 fully saturated rings. The van der Waals surface area contributed by atoms with Gasteiger partial charge in [0.05, 0.1) is 6.54 Å². The maximum atomic E-state index is 12.3. The lowest BCUT2D eigenvalue weighted by Gasteiger charge is -2.23. The molecule has 134 valence electrons. The predicted molar refractivity (Wildman–Crippen MR) is 94.3 cm³/mol. The summed E-state index contributed by atoms with van der Waals surface area (Å²) >= 11 is 0. The Morgan fingerprint density at radius 3 is 2.88 bits per heavy atom. The van der Waals surface area contributed by atoms with E-state index < -0.39 is 5.60 Å². The fourth-order valence-corrected chi connectivity index (χ4v) is 3.02. The van der Waals surface area contributed by atoms with Gasteiger partial charge >= 0.3 is 0 Å². The van der Waals surface area contributed by atoms with Crippen LogP contribution in [0.5, 0.6) is 5.75 Å². The number of β-amino-alcohol motifs (C(OH)–C–C–N with tert-alkyl or cyclic N) is 1. The van der Waals surface area contributed by atoms with E-state index in [2.05, 4.69) is 5.10 Å². The van der Waals surface area contributed by atoms with E-state index in [1.807, 2.05) is 48.1 Å². The molecular weight excluding hydrogens is 318 g/mol. The van der Waals surface area contributed by atoms with Crippen molar-refractivity contribution in [3.63, 3.8) is 0 Å². The average molecular weight is 343 g/mol. The first-order valence-corrected chi connectivity index (χ1v) is 8.71. The molecule has 0 bridgehead atoms. The molecule has 1 aliphatic heterocycles. The first kappa shape index (κ1) is 17.5. The molecule has 1 amide bonds. The van der Waals surface area contributed by atoms with Crippen LogP contribution in [0.3, 0.4) is 0 Å². The molecule has 0 saturated carbocycles. The molecule has 2 aromatic rings. The van der Waals surface area contributed by atoms with Crippen molar-refractivity contribution in [2.75, 3.05) is 19.7 Å². The van der Waals surface area contributed by atoms with Crippen molar-refractivity contribution in [2.24, 2.45) is 0 Å². The maximum absolute atomic E-state index is 12.3. The summed E-state index contributed by atoms with van der Waals surface area (Å²) in [7, 11) is 0. The van der Waals surface area contributed by atoms with Gasteiger partial charge in [-0.1, -0.05) is 17.7 Å². The Hall–Kier alpha value is -2.34. The number of benzene rings is 1. The SMILES string of the molecule is Cc1ccc(OC[C@@]2(O)CCN(C(=O)CCCn3cccn3)C2)cc1. The summed E-state index contributed by atoms with van der Waals surface area (Å²) in [4.78, 5) is 14.1. The van der Waals surface area contributed by atoms with Crippen molar-refractivity contribution >= 4 is 5.91 Å². The number of rotatable bonds is 7. The van der Waals surface area contributed by atoms with Gasteiger partial charge in [0, 0.05) is 31.9 Å². The number of aryl methyl sites for hydroxylation is 2. The van der Waals surface area contributed by atoms with Gasteiger partial charge in [-0.25, -0.2) is 0 Å². The molecule has 1 saturated heterocycles. The Morgan fingerprint density at radius 1 is 1.36 bits per heavy atom. The topological polar surface area (TPSA) is 67.6 Å². The molecule has 6 nitrogen and oxygen atoms in total. The van der Waals surface area contributed by atoms with Crippen molar-refractivity contribution in [1.29, 1.82) is 0 Å². The molecule has 1 atom stereocenters. The van der Waals surface area contributed by atoms with Crippen molar-refractivity contribution in [1.82, 2.24) is 14.7 Å². The lowest BCUT2D eigenvalue weighted by atomic mass is 10.1. The smallest absolute Gasteiger partial charge is 0.222 e. The third-order valence-corrected chi connectivity index (χ3v) is 4.55. The van der Waals surface area contributed by atoms with Crippen molar-refractivity contribution in [2.45, 2.75) is 38.3 Å². The summed E-state index contributed by atoms with van der Waals surface area (Å²) < 4.78 is 7.53. The normalized spacial score (nSPS) is 20.0. The Labute approximate surface area is 148 Å². The predicted octanol–water partition coefficient (Wildman–Crippen LogP) is 2.01. The van der Waals surface area contributed by atoms with Crippen LogP contribution < -0.4 is 4.74 Å². The molecule has 3 rings (SSSR count). The second kappa shape index (κ2) is 7.70. The summed E-state index contributed by atoms with van der Waals surface area (Å²) in [6.45, 7) is 3.86. The van der Waals surface area contributed by atoms with E-state index in [0.29, 0.717) is 25.9 Å². The van der Waals surface area contributed by atoms with Gasteiger partial charge in [-0.3, -0.25) is 9.48 Å². The highest BCUT2D eigenvalue weighted by Crippen LogP contribution is 2.24. The van der Waals surface area contributed by atoms with Crippen LogP contribution in [0.2, 0.25) is 0 Å². The number of carbonyl (C=O) groups excluding carboxylic acids is 1. The van der Waals surface area contributed by atoms with E-state index in [1.54, 1.807) is 11.1 Å². The third-order valence-electron chi connectivity index (χ3n) is 4.55. The zero-order valence-corrected chi connectivity index (χ0v) is 14.6. The molecular formula is C19H25N3O3. The minimum absolute atomic E-state index is 0.0819. The summed E-state index contributed by atoms with van der Waals surface area (Å²) in [6.07, 6.45) is 5.38. The van der Waals surface area contributed by atoms with Crippen LogP contribution in [-0.4, -0.2) is 51.0 Å². The third kappa shape index (κ3) is 4.82. The maximum Gasteiger partial charge on any atom is 0.222 e. The van der Waals surface area contributed by atoms with Gasteiger partial charge in [-0.2, -0.15) is 5.10 Å². The number of ether oxygens (including phenoxy) is 1. The van der Waals surface area contributed by atoms with Crippen molar-refractivity contribution in [3.8, 4) is 5.75 Å². The van der Waals surface area contributed by atoms with Gasteiger partial charge in [0.15, 0.2) is 0 Å².